The van der Waals surface area contributed by atoms with E-state index in [1.54, 1.807) is 0 Å². The molecule has 0 heterocycles. The standard InChI is InChI=1S/C32H44N2O9/c1-2-3-4-7-10-13-25(35)14-11-8-5-6-9-12-15-26(32(43,31(41)42)21-28(36)37)29(38)34-27(30(39)40)20-23-16-18-24(22-33)19-17-23/h12,15-19,26-27,43H,2-11,13-14,20-21H2,1H3,(H,34,38)(H,36,37)(H,39,40)(H,41,42)/b15-12+/t26-,27+,32+/m1/s1. The number of amides is 1. The van der Waals surface area contributed by atoms with E-state index < -0.39 is 47.8 Å². The first-order chi connectivity index (χ1) is 20.4. The predicted molar refractivity (Wildman–Crippen MR) is 158 cm³/mol. The van der Waals surface area contributed by atoms with Crippen molar-refractivity contribution in [1.82, 2.24) is 5.32 Å². The fourth-order valence-corrected chi connectivity index (χ4v) is 4.65. The topological polar surface area (TPSA) is 202 Å². The Kier molecular flexibility index (Phi) is 17.2. The van der Waals surface area contributed by atoms with E-state index >= 15 is 0 Å². The van der Waals surface area contributed by atoms with Crippen molar-refractivity contribution in [3.05, 3.63) is 47.5 Å². The molecule has 0 aliphatic rings. The molecule has 0 aliphatic carbocycles. The monoisotopic (exact) mass is 600 g/mol. The number of allylic oxidation sites excluding steroid dienone is 1. The first-order valence-electron chi connectivity index (χ1n) is 14.8. The second kappa shape index (κ2) is 20.0. The minimum Gasteiger partial charge on any atom is -0.481 e. The van der Waals surface area contributed by atoms with E-state index in [-0.39, 0.29) is 12.2 Å². The highest BCUT2D eigenvalue weighted by atomic mass is 16.4. The molecule has 5 N–H and O–H groups in total. The highest BCUT2D eigenvalue weighted by Crippen LogP contribution is 2.26. The predicted octanol–water partition coefficient (Wildman–Crippen LogP) is 4.40. The van der Waals surface area contributed by atoms with Crippen LogP contribution in [0.4, 0.5) is 0 Å². The lowest BCUT2D eigenvalue weighted by Gasteiger charge is -2.29. The van der Waals surface area contributed by atoms with Gasteiger partial charge in [0.2, 0.25) is 5.91 Å². The van der Waals surface area contributed by atoms with Gasteiger partial charge in [-0.15, -0.1) is 0 Å². The van der Waals surface area contributed by atoms with Crippen molar-refractivity contribution in [3.63, 3.8) is 0 Å². The van der Waals surface area contributed by atoms with Crippen LogP contribution in [0, 0.1) is 17.2 Å². The first-order valence-corrected chi connectivity index (χ1v) is 14.8. The molecule has 0 fully saturated rings. The number of hydrogen-bond acceptors (Lipinski definition) is 7. The molecule has 11 nitrogen and oxygen atoms in total. The quantitative estimate of drug-likeness (QED) is 0.0884. The van der Waals surface area contributed by atoms with E-state index in [9.17, 15) is 44.4 Å². The van der Waals surface area contributed by atoms with Gasteiger partial charge in [0.15, 0.2) is 5.60 Å². The largest absolute Gasteiger partial charge is 0.481 e. The van der Waals surface area contributed by atoms with Crippen molar-refractivity contribution >= 4 is 29.6 Å². The fraction of sp³-hybridized carbons (Fsp3) is 0.562. The van der Waals surface area contributed by atoms with Crippen molar-refractivity contribution in [2.24, 2.45) is 5.92 Å². The van der Waals surface area contributed by atoms with Crippen molar-refractivity contribution in [2.75, 3.05) is 0 Å². The molecule has 1 aromatic rings. The molecule has 0 saturated carbocycles. The van der Waals surface area contributed by atoms with Gasteiger partial charge in [-0.05, 0) is 43.4 Å². The van der Waals surface area contributed by atoms with Gasteiger partial charge >= 0.3 is 17.9 Å². The van der Waals surface area contributed by atoms with E-state index in [4.69, 9.17) is 5.26 Å². The Hall–Kier alpha value is -4.04. The number of carboxylic acids is 3. The third-order valence-corrected chi connectivity index (χ3v) is 7.19. The highest BCUT2D eigenvalue weighted by Gasteiger charge is 2.49. The Morgan fingerprint density at radius 2 is 1.49 bits per heavy atom. The van der Waals surface area contributed by atoms with Crippen LogP contribution >= 0.6 is 0 Å². The van der Waals surface area contributed by atoms with Gasteiger partial charge in [-0.1, -0.05) is 69.7 Å². The SMILES string of the molecule is CCCCCCCC(=O)CCCCCC/C=C/[C@H](C(=O)N[C@@H](Cc1ccc(C#N)cc1)C(=O)O)[C@@](O)(CC(=O)O)C(=O)O. The van der Waals surface area contributed by atoms with Gasteiger partial charge in [-0.25, -0.2) is 9.59 Å². The number of benzene rings is 1. The molecule has 236 valence electrons. The Bertz CT molecular complexity index is 1140. The minimum atomic E-state index is -3.03. The van der Waals surface area contributed by atoms with Gasteiger partial charge in [-0.2, -0.15) is 5.26 Å². The van der Waals surface area contributed by atoms with Crippen molar-refractivity contribution in [2.45, 2.75) is 108 Å². The number of carboxylic acid groups (broad SMARTS) is 3. The van der Waals surface area contributed by atoms with E-state index in [0.717, 1.165) is 51.0 Å². The van der Waals surface area contributed by atoms with Gasteiger partial charge in [-0.3, -0.25) is 14.4 Å². The summed E-state index contributed by atoms with van der Waals surface area (Å²) in [5.41, 5.74) is -2.20. The number of aliphatic carboxylic acids is 3. The summed E-state index contributed by atoms with van der Waals surface area (Å²) in [4.78, 5) is 60.4. The summed E-state index contributed by atoms with van der Waals surface area (Å²) in [6.07, 6.45) is 11.1. The van der Waals surface area contributed by atoms with Crippen molar-refractivity contribution in [1.29, 1.82) is 5.26 Å². The van der Waals surface area contributed by atoms with Gasteiger partial charge < -0.3 is 25.7 Å². The van der Waals surface area contributed by atoms with E-state index in [1.807, 2.05) is 6.07 Å². The lowest BCUT2D eigenvalue weighted by atomic mass is 9.82. The summed E-state index contributed by atoms with van der Waals surface area (Å²) in [6.45, 7) is 2.14. The Morgan fingerprint density at radius 1 is 0.907 bits per heavy atom. The molecular weight excluding hydrogens is 556 g/mol. The van der Waals surface area contributed by atoms with Crippen LogP contribution in [0.2, 0.25) is 0 Å². The van der Waals surface area contributed by atoms with E-state index in [2.05, 4.69) is 12.2 Å². The summed E-state index contributed by atoms with van der Waals surface area (Å²) in [7, 11) is 0. The van der Waals surface area contributed by atoms with E-state index in [0.29, 0.717) is 36.8 Å². The maximum Gasteiger partial charge on any atom is 0.337 e. The molecule has 0 aliphatic heterocycles. The molecule has 1 amide bonds. The molecule has 0 aromatic heterocycles. The van der Waals surface area contributed by atoms with Gasteiger partial charge in [0.05, 0.1) is 24.0 Å². The molecule has 0 bridgehead atoms. The van der Waals surface area contributed by atoms with Gasteiger partial charge in [0.25, 0.3) is 0 Å². The number of nitrogens with one attached hydrogen (secondary N) is 1. The molecule has 0 radical (unpaired) electrons. The van der Waals surface area contributed by atoms with Crippen LogP contribution in [0.3, 0.4) is 0 Å². The third-order valence-electron chi connectivity index (χ3n) is 7.19. The number of rotatable bonds is 23. The van der Waals surface area contributed by atoms with Crippen LogP contribution in [0.1, 0.15) is 102 Å². The minimum absolute atomic E-state index is 0.199. The zero-order valence-electron chi connectivity index (χ0n) is 24.8. The average molecular weight is 601 g/mol. The maximum atomic E-state index is 13.2. The molecular formula is C32H44N2O9. The van der Waals surface area contributed by atoms with Gasteiger partial charge in [0, 0.05) is 19.3 Å². The molecule has 43 heavy (non-hydrogen) atoms. The van der Waals surface area contributed by atoms with Crippen LogP contribution in [0.25, 0.3) is 0 Å². The number of Topliss-reactive ketones (excluding diaryl/α,β-unsaturated/α-hetero) is 1. The molecule has 0 unspecified atom stereocenters. The number of carbonyl (C=O) groups is 5. The lowest BCUT2D eigenvalue weighted by Crippen LogP contribution is -2.55. The smallest absolute Gasteiger partial charge is 0.337 e. The number of carbonyl (C=O) groups excluding carboxylic acids is 2. The van der Waals surface area contributed by atoms with Crippen molar-refractivity contribution < 1.29 is 44.4 Å². The highest BCUT2D eigenvalue weighted by molar-refractivity contribution is 5.94. The Labute approximate surface area is 252 Å². The van der Waals surface area contributed by atoms with Crippen LogP contribution in [-0.2, 0) is 30.4 Å². The summed E-state index contributed by atoms with van der Waals surface area (Å²) in [5, 5.41) is 50.5. The lowest BCUT2D eigenvalue weighted by molar-refractivity contribution is -0.172. The Morgan fingerprint density at radius 3 is 2.00 bits per heavy atom. The molecule has 1 aromatic carbocycles. The summed E-state index contributed by atoms with van der Waals surface area (Å²) in [6, 6.07) is 6.40. The van der Waals surface area contributed by atoms with Crippen molar-refractivity contribution in [3.8, 4) is 6.07 Å². The van der Waals surface area contributed by atoms with Crippen LogP contribution in [0.5, 0.6) is 0 Å². The summed E-state index contributed by atoms with van der Waals surface area (Å²) in [5.74, 6) is -7.80. The normalized spacial score (nSPS) is 13.9. The van der Waals surface area contributed by atoms with Gasteiger partial charge in [0.1, 0.15) is 11.8 Å². The molecule has 3 atom stereocenters. The molecule has 0 spiro atoms. The second-order valence-corrected chi connectivity index (χ2v) is 10.8. The number of ketones is 1. The number of aliphatic hydroxyl groups is 1. The van der Waals surface area contributed by atoms with E-state index in [1.165, 1.54) is 36.8 Å². The van der Waals surface area contributed by atoms with Crippen LogP contribution in [0.15, 0.2) is 36.4 Å². The summed E-state index contributed by atoms with van der Waals surface area (Å²) >= 11 is 0. The molecule has 1 rings (SSSR count). The zero-order valence-corrected chi connectivity index (χ0v) is 24.8. The van der Waals surface area contributed by atoms with Crippen LogP contribution < -0.4 is 5.32 Å². The number of unbranched alkanes of at least 4 members (excludes halogenated alkanes) is 8. The third kappa shape index (κ3) is 14.1. The number of hydrogen-bond donors (Lipinski definition) is 5. The molecule has 0 saturated heterocycles. The maximum absolute atomic E-state index is 13.2. The number of nitriles is 1. The fourth-order valence-electron chi connectivity index (χ4n) is 4.65. The first kappa shape index (κ1) is 37.0. The van der Waals surface area contributed by atoms with Crippen LogP contribution in [-0.4, -0.2) is 61.7 Å². The average Bonchev–Trinajstić information content (AvgIpc) is 2.95. The zero-order chi connectivity index (χ0) is 32.3. The molecule has 11 heteroatoms. The number of nitrogens with zero attached hydrogens (tertiary/aromatic N) is 1. The Balaban J connectivity index is 2.80. The summed E-state index contributed by atoms with van der Waals surface area (Å²) < 4.78 is 0. The second-order valence-electron chi connectivity index (χ2n) is 10.8.